The van der Waals surface area contributed by atoms with Gasteiger partial charge in [0.05, 0.1) is 12.7 Å². The number of hydrogen-bond acceptors (Lipinski definition) is 3. The van der Waals surface area contributed by atoms with Crippen molar-refractivity contribution in [1.82, 2.24) is 5.32 Å². The van der Waals surface area contributed by atoms with Crippen LogP contribution in [0.4, 0.5) is 0 Å². The molecule has 1 aliphatic heterocycles. The van der Waals surface area contributed by atoms with Crippen molar-refractivity contribution in [2.45, 2.75) is 6.42 Å². The van der Waals surface area contributed by atoms with Crippen molar-refractivity contribution in [3.8, 4) is 0 Å². The van der Waals surface area contributed by atoms with Crippen LogP contribution in [0.3, 0.4) is 0 Å². The maximum Gasteiger partial charge on any atom is 0.337 e. The van der Waals surface area contributed by atoms with Crippen molar-refractivity contribution in [1.29, 1.82) is 0 Å². The van der Waals surface area contributed by atoms with Crippen LogP contribution >= 0.6 is 0 Å². The van der Waals surface area contributed by atoms with Gasteiger partial charge in [-0.2, -0.15) is 0 Å². The highest BCUT2D eigenvalue weighted by Crippen LogP contribution is 2.13. The summed E-state index contributed by atoms with van der Waals surface area (Å²) < 4.78 is 4.65. The van der Waals surface area contributed by atoms with E-state index in [2.05, 4.69) is 22.2 Å². The predicted molar refractivity (Wildman–Crippen MR) is 67.8 cm³/mol. The molecule has 1 aromatic carbocycles. The summed E-state index contributed by atoms with van der Waals surface area (Å²) in [6, 6.07) is 7.45. The quantitative estimate of drug-likeness (QED) is 0.810. The van der Waals surface area contributed by atoms with Crippen LogP contribution in [0.2, 0.25) is 0 Å². The summed E-state index contributed by atoms with van der Waals surface area (Å²) in [4.78, 5) is 11.2. The van der Waals surface area contributed by atoms with Gasteiger partial charge in [0.2, 0.25) is 0 Å². The van der Waals surface area contributed by atoms with E-state index in [1.807, 2.05) is 12.1 Å². The van der Waals surface area contributed by atoms with Crippen LogP contribution < -0.4 is 5.32 Å². The lowest BCUT2D eigenvalue weighted by Crippen LogP contribution is -2.07. The molecule has 0 aromatic heterocycles. The van der Waals surface area contributed by atoms with Gasteiger partial charge in [-0.3, -0.25) is 0 Å². The Labute approximate surface area is 101 Å². The molecule has 0 spiro atoms. The minimum Gasteiger partial charge on any atom is -0.465 e. The van der Waals surface area contributed by atoms with Gasteiger partial charge in [-0.1, -0.05) is 24.3 Å². The lowest BCUT2D eigenvalue weighted by Gasteiger charge is -2.01. The van der Waals surface area contributed by atoms with E-state index in [1.165, 1.54) is 13.5 Å². The van der Waals surface area contributed by atoms with Gasteiger partial charge in [0.1, 0.15) is 0 Å². The second kappa shape index (κ2) is 5.64. The molecule has 0 radical (unpaired) electrons. The van der Waals surface area contributed by atoms with E-state index in [0.29, 0.717) is 11.5 Å². The number of esters is 1. The minimum atomic E-state index is -0.291. The van der Waals surface area contributed by atoms with Gasteiger partial charge >= 0.3 is 5.97 Å². The lowest BCUT2D eigenvalue weighted by atomic mass is 10.1. The molecule has 3 heteroatoms. The Hall–Kier alpha value is -1.61. The van der Waals surface area contributed by atoms with Crippen molar-refractivity contribution < 1.29 is 9.53 Å². The van der Waals surface area contributed by atoms with Crippen LogP contribution in [0.15, 0.2) is 30.3 Å². The number of carbonyl (C=O) groups excluding carboxylic acids is 1. The van der Waals surface area contributed by atoms with E-state index in [9.17, 15) is 4.79 Å². The Balaban J connectivity index is 2.00. The monoisotopic (exact) mass is 231 g/mol. The van der Waals surface area contributed by atoms with Crippen LogP contribution in [-0.4, -0.2) is 26.2 Å². The van der Waals surface area contributed by atoms with Gasteiger partial charge in [-0.25, -0.2) is 4.79 Å². The molecule has 0 aliphatic carbocycles. The van der Waals surface area contributed by atoms with Crippen molar-refractivity contribution in [3.05, 3.63) is 41.5 Å². The zero-order valence-corrected chi connectivity index (χ0v) is 9.98. The Morgan fingerprint density at radius 2 is 2.18 bits per heavy atom. The largest absolute Gasteiger partial charge is 0.465 e. The molecule has 1 saturated heterocycles. The fraction of sp³-hybridized carbons (Fsp3) is 0.357. The second-order valence-electron chi connectivity index (χ2n) is 4.23. The van der Waals surface area contributed by atoms with Crippen LogP contribution in [0.25, 0.3) is 6.08 Å². The fourth-order valence-electron chi connectivity index (χ4n) is 1.94. The Kier molecular flexibility index (Phi) is 3.94. The maximum absolute atomic E-state index is 11.2. The smallest absolute Gasteiger partial charge is 0.337 e. The number of nitrogens with one attached hydrogen (secondary N) is 1. The third kappa shape index (κ3) is 3.17. The first-order valence-electron chi connectivity index (χ1n) is 5.87. The third-order valence-corrected chi connectivity index (χ3v) is 2.99. The number of methoxy groups -OCH3 is 1. The third-order valence-electron chi connectivity index (χ3n) is 2.99. The van der Waals surface area contributed by atoms with E-state index in [4.69, 9.17) is 0 Å². The van der Waals surface area contributed by atoms with Crippen molar-refractivity contribution in [2.75, 3.05) is 20.2 Å². The first-order chi connectivity index (χ1) is 8.29. The standard InChI is InChI=1S/C14H17NO2/c1-17-14(16)13-6-4-11(5-7-13)2-3-12-8-9-15-10-12/h2-7,12,15H,8-10H2,1H3/b3-2+. The molecule has 0 amide bonds. The summed E-state index contributed by atoms with van der Waals surface area (Å²) in [5, 5.41) is 3.33. The predicted octanol–water partition coefficient (Wildman–Crippen LogP) is 2.10. The minimum absolute atomic E-state index is 0.291. The van der Waals surface area contributed by atoms with Gasteiger partial charge in [0.25, 0.3) is 0 Å². The van der Waals surface area contributed by atoms with E-state index in [0.717, 1.165) is 18.7 Å². The van der Waals surface area contributed by atoms with Gasteiger partial charge in [-0.15, -0.1) is 0 Å². The highest BCUT2D eigenvalue weighted by atomic mass is 16.5. The Morgan fingerprint density at radius 3 is 2.76 bits per heavy atom. The van der Waals surface area contributed by atoms with Gasteiger partial charge < -0.3 is 10.1 Å². The van der Waals surface area contributed by atoms with Crippen molar-refractivity contribution in [2.24, 2.45) is 5.92 Å². The van der Waals surface area contributed by atoms with Crippen LogP contribution in [-0.2, 0) is 4.74 Å². The van der Waals surface area contributed by atoms with E-state index in [-0.39, 0.29) is 5.97 Å². The summed E-state index contributed by atoms with van der Waals surface area (Å²) in [7, 11) is 1.39. The highest BCUT2D eigenvalue weighted by molar-refractivity contribution is 5.89. The molecular formula is C14H17NO2. The maximum atomic E-state index is 11.2. The highest BCUT2D eigenvalue weighted by Gasteiger charge is 2.10. The van der Waals surface area contributed by atoms with Crippen LogP contribution in [0.5, 0.6) is 0 Å². The summed E-state index contributed by atoms with van der Waals surface area (Å²) in [5.41, 5.74) is 1.71. The van der Waals surface area contributed by atoms with E-state index < -0.39 is 0 Å². The molecule has 1 unspecified atom stereocenters. The molecule has 90 valence electrons. The van der Waals surface area contributed by atoms with E-state index in [1.54, 1.807) is 12.1 Å². The molecule has 3 nitrogen and oxygen atoms in total. The van der Waals surface area contributed by atoms with Gasteiger partial charge in [-0.05, 0) is 36.6 Å². The zero-order chi connectivity index (χ0) is 12.1. The zero-order valence-electron chi connectivity index (χ0n) is 9.98. The fourth-order valence-corrected chi connectivity index (χ4v) is 1.94. The molecule has 2 rings (SSSR count). The summed E-state index contributed by atoms with van der Waals surface area (Å²) in [6.45, 7) is 2.17. The molecule has 1 fully saturated rings. The normalized spacial score (nSPS) is 19.7. The number of benzene rings is 1. The van der Waals surface area contributed by atoms with E-state index >= 15 is 0 Å². The van der Waals surface area contributed by atoms with Crippen molar-refractivity contribution >= 4 is 12.0 Å². The molecule has 17 heavy (non-hydrogen) atoms. The summed E-state index contributed by atoms with van der Waals surface area (Å²) in [6.07, 6.45) is 5.54. The van der Waals surface area contributed by atoms with Crippen LogP contribution in [0, 0.1) is 5.92 Å². The van der Waals surface area contributed by atoms with Gasteiger partial charge in [0, 0.05) is 6.54 Å². The molecule has 1 atom stereocenters. The average molecular weight is 231 g/mol. The summed E-state index contributed by atoms with van der Waals surface area (Å²) >= 11 is 0. The molecule has 1 aromatic rings. The average Bonchev–Trinajstić information content (AvgIpc) is 2.89. The number of ether oxygens (including phenoxy) is 1. The van der Waals surface area contributed by atoms with Crippen LogP contribution in [0.1, 0.15) is 22.3 Å². The molecule has 1 heterocycles. The second-order valence-corrected chi connectivity index (χ2v) is 4.23. The first kappa shape index (κ1) is 11.9. The van der Waals surface area contributed by atoms with Crippen molar-refractivity contribution in [3.63, 3.8) is 0 Å². The lowest BCUT2D eigenvalue weighted by molar-refractivity contribution is 0.0601. The molecule has 0 saturated carbocycles. The Morgan fingerprint density at radius 1 is 1.41 bits per heavy atom. The number of rotatable bonds is 3. The number of hydrogen-bond donors (Lipinski definition) is 1. The SMILES string of the molecule is COC(=O)c1ccc(/C=C/C2CCNC2)cc1. The Bertz CT molecular complexity index is 403. The first-order valence-corrected chi connectivity index (χ1v) is 5.87. The topological polar surface area (TPSA) is 38.3 Å². The molecule has 1 N–H and O–H groups in total. The molecule has 1 aliphatic rings. The molecular weight excluding hydrogens is 214 g/mol. The van der Waals surface area contributed by atoms with Gasteiger partial charge in [0.15, 0.2) is 0 Å². The summed E-state index contributed by atoms with van der Waals surface area (Å²) in [5.74, 6) is 0.343. The molecule has 0 bridgehead atoms. The number of carbonyl (C=O) groups is 1.